The fourth-order valence-corrected chi connectivity index (χ4v) is 2.68. The molecule has 1 heterocycles. The summed E-state index contributed by atoms with van der Waals surface area (Å²) < 4.78 is 10.6. The largest absolute Gasteiger partial charge is 0.490 e. The maximum Gasteiger partial charge on any atom is 0.321 e. The van der Waals surface area contributed by atoms with E-state index in [0.29, 0.717) is 43.3 Å². The number of methoxy groups -OCH3 is 1. The number of anilines is 2. The second-order valence-electron chi connectivity index (χ2n) is 5.73. The van der Waals surface area contributed by atoms with Crippen molar-refractivity contribution >= 4 is 23.3 Å². The van der Waals surface area contributed by atoms with Crippen molar-refractivity contribution < 1.29 is 19.1 Å². The lowest BCUT2D eigenvalue weighted by Crippen LogP contribution is -2.27. The van der Waals surface area contributed by atoms with Gasteiger partial charge in [0.2, 0.25) is 0 Å². The van der Waals surface area contributed by atoms with E-state index in [-0.39, 0.29) is 11.9 Å². The van der Waals surface area contributed by atoms with Gasteiger partial charge in [0.1, 0.15) is 12.4 Å². The Morgan fingerprint density at radius 2 is 2.04 bits per heavy atom. The monoisotopic (exact) mass is 355 g/mol. The number of benzene rings is 2. The van der Waals surface area contributed by atoms with Gasteiger partial charge in [-0.15, -0.1) is 0 Å². The lowest BCUT2D eigenvalue weighted by Gasteiger charge is -2.16. The van der Waals surface area contributed by atoms with Crippen molar-refractivity contribution in [3.05, 3.63) is 54.1 Å². The van der Waals surface area contributed by atoms with Crippen LogP contribution in [0.25, 0.3) is 0 Å². The Morgan fingerprint density at radius 1 is 1.19 bits per heavy atom. The molecule has 3 rings (SSSR count). The van der Waals surface area contributed by atoms with Gasteiger partial charge in [0.05, 0.1) is 12.2 Å². The summed E-state index contributed by atoms with van der Waals surface area (Å²) in [5.74, 6) is 0.221. The van der Waals surface area contributed by atoms with Crippen molar-refractivity contribution in [3.8, 4) is 5.75 Å². The molecule has 1 saturated heterocycles. The first-order valence-electron chi connectivity index (χ1n) is 8.36. The minimum Gasteiger partial charge on any atom is -0.490 e. The molecule has 0 aromatic heterocycles. The molecular formula is C19H21N3O4. The third kappa shape index (κ3) is 4.12. The number of ether oxygens (including phenoxy) is 2. The molecule has 2 aromatic carbocycles. The molecule has 7 nitrogen and oxygen atoms in total. The van der Waals surface area contributed by atoms with E-state index in [0.717, 1.165) is 5.69 Å². The predicted octanol–water partition coefficient (Wildman–Crippen LogP) is 2.49. The van der Waals surface area contributed by atoms with Gasteiger partial charge in [0.15, 0.2) is 0 Å². The third-order valence-electron chi connectivity index (χ3n) is 3.95. The summed E-state index contributed by atoms with van der Waals surface area (Å²) in [7, 11) is 1.59. The maximum absolute atomic E-state index is 12.6. The predicted molar refractivity (Wildman–Crippen MR) is 99.0 cm³/mol. The van der Waals surface area contributed by atoms with E-state index in [4.69, 9.17) is 9.47 Å². The van der Waals surface area contributed by atoms with Crippen LogP contribution in [0.5, 0.6) is 5.75 Å². The van der Waals surface area contributed by atoms with Crippen molar-refractivity contribution in [1.82, 2.24) is 5.32 Å². The molecule has 0 saturated carbocycles. The van der Waals surface area contributed by atoms with E-state index < -0.39 is 0 Å². The average Bonchev–Trinajstić information content (AvgIpc) is 3.08. The van der Waals surface area contributed by atoms with Crippen molar-refractivity contribution in [1.29, 1.82) is 0 Å². The highest BCUT2D eigenvalue weighted by Gasteiger charge is 2.21. The van der Waals surface area contributed by atoms with Gasteiger partial charge >= 0.3 is 6.03 Å². The number of rotatable bonds is 7. The van der Waals surface area contributed by atoms with Gasteiger partial charge < -0.3 is 20.1 Å². The fraction of sp³-hybridized carbons (Fsp3) is 0.263. The van der Waals surface area contributed by atoms with Crippen LogP contribution in [-0.4, -0.2) is 45.4 Å². The van der Waals surface area contributed by atoms with Crippen molar-refractivity contribution in [2.24, 2.45) is 0 Å². The number of urea groups is 1. The molecule has 0 spiro atoms. The van der Waals surface area contributed by atoms with E-state index in [9.17, 15) is 9.59 Å². The molecule has 2 aromatic rings. The van der Waals surface area contributed by atoms with Gasteiger partial charge in [-0.2, -0.15) is 0 Å². The maximum atomic E-state index is 12.6. The summed E-state index contributed by atoms with van der Waals surface area (Å²) in [6.45, 7) is 2.02. The lowest BCUT2D eigenvalue weighted by atomic mass is 10.1. The normalized spacial score (nSPS) is 13.4. The summed E-state index contributed by atoms with van der Waals surface area (Å²) in [5, 5.41) is 5.62. The van der Waals surface area contributed by atoms with Gasteiger partial charge in [-0.3, -0.25) is 9.69 Å². The zero-order valence-electron chi connectivity index (χ0n) is 14.5. The second kappa shape index (κ2) is 8.35. The average molecular weight is 355 g/mol. The van der Waals surface area contributed by atoms with Crippen molar-refractivity contribution in [2.45, 2.75) is 0 Å². The first-order valence-corrected chi connectivity index (χ1v) is 8.36. The van der Waals surface area contributed by atoms with Crippen molar-refractivity contribution in [3.63, 3.8) is 0 Å². The Hall–Kier alpha value is -3.06. The van der Waals surface area contributed by atoms with E-state index in [1.165, 1.54) is 0 Å². The fourth-order valence-electron chi connectivity index (χ4n) is 2.68. The first-order chi connectivity index (χ1) is 12.7. The van der Waals surface area contributed by atoms with Crippen LogP contribution in [-0.2, 0) is 4.74 Å². The van der Waals surface area contributed by atoms with Gasteiger partial charge in [0, 0.05) is 31.6 Å². The number of hydrogen-bond donors (Lipinski definition) is 2. The van der Waals surface area contributed by atoms with Crippen LogP contribution in [0.1, 0.15) is 10.4 Å². The highest BCUT2D eigenvalue weighted by molar-refractivity contribution is 6.06. The molecule has 3 amide bonds. The number of nitrogens with one attached hydrogen (secondary N) is 2. The Morgan fingerprint density at radius 3 is 2.81 bits per heavy atom. The summed E-state index contributed by atoms with van der Waals surface area (Å²) in [6.07, 6.45) is 0. The van der Waals surface area contributed by atoms with Crippen LogP contribution in [0.3, 0.4) is 0 Å². The van der Waals surface area contributed by atoms with E-state index in [2.05, 4.69) is 10.6 Å². The van der Waals surface area contributed by atoms with Gasteiger partial charge in [-0.25, -0.2) is 4.79 Å². The molecule has 0 unspecified atom stereocenters. The SMILES string of the molecule is COCCOc1ccccc1C(=O)Nc1cccc(N2CCNC2=O)c1. The lowest BCUT2D eigenvalue weighted by molar-refractivity contribution is 0.101. The van der Waals surface area contributed by atoms with Gasteiger partial charge in [-0.05, 0) is 30.3 Å². The summed E-state index contributed by atoms with van der Waals surface area (Å²) in [5.41, 5.74) is 1.79. The topological polar surface area (TPSA) is 79.9 Å². The third-order valence-corrected chi connectivity index (χ3v) is 3.95. The standard InChI is InChI=1S/C19H21N3O4/c1-25-11-12-26-17-8-3-2-7-16(17)18(23)21-14-5-4-6-15(13-14)22-10-9-20-19(22)24/h2-8,13H,9-12H2,1H3,(H,20,24)(H,21,23). The van der Waals surface area contributed by atoms with Crippen LogP contribution in [0, 0.1) is 0 Å². The van der Waals surface area contributed by atoms with Gasteiger partial charge in [-0.1, -0.05) is 18.2 Å². The zero-order chi connectivity index (χ0) is 18.4. The summed E-state index contributed by atoms with van der Waals surface area (Å²) in [4.78, 5) is 26.1. The Kier molecular flexibility index (Phi) is 5.70. The molecule has 1 aliphatic rings. The number of carbonyl (C=O) groups is 2. The van der Waals surface area contributed by atoms with Crippen LogP contribution >= 0.6 is 0 Å². The smallest absolute Gasteiger partial charge is 0.321 e. The number of nitrogens with zero attached hydrogens (tertiary/aromatic N) is 1. The quantitative estimate of drug-likeness (QED) is 0.748. The van der Waals surface area contributed by atoms with Gasteiger partial charge in [0.25, 0.3) is 5.91 Å². The van der Waals surface area contributed by atoms with E-state index in [1.54, 1.807) is 48.4 Å². The number of amides is 3. The first kappa shape index (κ1) is 17.8. The molecule has 26 heavy (non-hydrogen) atoms. The highest BCUT2D eigenvalue weighted by Crippen LogP contribution is 2.23. The Balaban J connectivity index is 1.73. The molecule has 7 heteroatoms. The second-order valence-corrected chi connectivity index (χ2v) is 5.73. The molecule has 0 radical (unpaired) electrons. The van der Waals surface area contributed by atoms with Crippen LogP contribution in [0.4, 0.5) is 16.2 Å². The number of carbonyl (C=O) groups excluding carboxylic acids is 2. The van der Waals surface area contributed by atoms with Crippen molar-refractivity contribution in [2.75, 3.05) is 43.6 Å². The molecule has 0 aliphatic carbocycles. The molecular weight excluding hydrogens is 334 g/mol. The van der Waals surface area contributed by atoms with E-state index >= 15 is 0 Å². The Bertz CT molecular complexity index is 794. The minimum atomic E-state index is -0.277. The molecule has 0 bridgehead atoms. The highest BCUT2D eigenvalue weighted by atomic mass is 16.5. The molecule has 136 valence electrons. The number of hydrogen-bond acceptors (Lipinski definition) is 4. The molecule has 1 fully saturated rings. The van der Waals surface area contributed by atoms with Crippen LogP contribution < -0.4 is 20.3 Å². The minimum absolute atomic E-state index is 0.134. The van der Waals surface area contributed by atoms with Crippen LogP contribution in [0.2, 0.25) is 0 Å². The van der Waals surface area contributed by atoms with E-state index in [1.807, 2.05) is 12.1 Å². The summed E-state index contributed by atoms with van der Waals surface area (Å²) >= 11 is 0. The Labute approximate surface area is 151 Å². The molecule has 0 atom stereocenters. The number of para-hydroxylation sites is 1. The molecule has 1 aliphatic heterocycles. The van der Waals surface area contributed by atoms with Crippen LogP contribution in [0.15, 0.2) is 48.5 Å². The molecule has 2 N–H and O–H groups in total. The summed E-state index contributed by atoms with van der Waals surface area (Å²) in [6, 6.07) is 14.1. The zero-order valence-corrected chi connectivity index (χ0v) is 14.5.